The Morgan fingerprint density at radius 2 is 1.90 bits per heavy atom. The minimum Gasteiger partial charge on any atom is -0.343 e. The summed E-state index contributed by atoms with van der Waals surface area (Å²) in [6.45, 7) is 1.76. The average Bonchev–Trinajstić information content (AvgIpc) is 3.44. The summed E-state index contributed by atoms with van der Waals surface area (Å²) in [7, 11) is 0. The fourth-order valence-corrected chi connectivity index (χ4v) is 4.26. The Kier molecular flexibility index (Phi) is 6.29. The molecule has 0 saturated carbocycles. The third kappa shape index (κ3) is 4.92. The third-order valence-corrected chi connectivity index (χ3v) is 5.98. The second kappa shape index (κ2) is 9.28. The van der Waals surface area contributed by atoms with Gasteiger partial charge in [-0.05, 0) is 54.3 Å². The number of para-hydroxylation sites is 1. The van der Waals surface area contributed by atoms with Crippen LogP contribution < -0.4 is 10.6 Å². The second-order valence-electron chi connectivity index (χ2n) is 6.84. The van der Waals surface area contributed by atoms with E-state index in [1.54, 1.807) is 10.9 Å². The van der Waals surface area contributed by atoms with Crippen molar-refractivity contribution in [3.05, 3.63) is 87.8 Å². The number of halogens is 1. The number of nitrogens with one attached hydrogen (secondary N) is 2. The lowest BCUT2D eigenvalue weighted by molar-refractivity contribution is -0.115. The zero-order chi connectivity index (χ0) is 21.8. The van der Waals surface area contributed by atoms with Gasteiger partial charge in [-0.1, -0.05) is 40.2 Å². The van der Waals surface area contributed by atoms with Gasteiger partial charge in [0.05, 0.1) is 22.7 Å². The molecule has 0 radical (unpaired) electrons. The zero-order valence-electron chi connectivity index (χ0n) is 16.6. The van der Waals surface area contributed by atoms with Crippen LogP contribution in [0.1, 0.15) is 15.9 Å². The maximum Gasteiger partial charge on any atom is 0.255 e. The molecule has 8 heteroatoms. The summed E-state index contributed by atoms with van der Waals surface area (Å²) in [5, 5.41) is 12.1. The fourth-order valence-electron chi connectivity index (χ4n) is 3.07. The summed E-state index contributed by atoms with van der Waals surface area (Å²) in [5.74, 6) is -0.653. The summed E-state index contributed by atoms with van der Waals surface area (Å²) in [5.41, 5.74) is 3.49. The number of aromatic nitrogens is 2. The van der Waals surface area contributed by atoms with Crippen LogP contribution in [-0.4, -0.2) is 28.1 Å². The first-order valence-electron chi connectivity index (χ1n) is 9.54. The second-order valence-corrected chi connectivity index (χ2v) is 8.70. The van der Waals surface area contributed by atoms with Crippen LogP contribution >= 0.6 is 27.3 Å². The lowest BCUT2D eigenvalue weighted by Gasteiger charge is -2.09. The molecule has 156 valence electrons. The highest BCUT2D eigenvalue weighted by molar-refractivity contribution is 9.10. The SMILES string of the molecule is Cc1cc(Br)ccc1NC(=O)CNC(=O)c1cn(-c2ccccc2)nc1-c1cccs1. The molecular weight excluding hydrogens is 476 g/mol. The van der Waals surface area contributed by atoms with Gasteiger partial charge in [-0.25, -0.2) is 4.68 Å². The minimum atomic E-state index is -0.353. The standard InChI is InChI=1S/C23H19BrN4O2S/c1-15-12-16(24)9-10-19(15)26-21(29)13-25-23(30)18-14-28(17-6-3-2-4-7-17)27-22(18)20-8-5-11-31-20/h2-12,14H,13H2,1H3,(H,25,30)(H,26,29). The Hall–Kier alpha value is -3.23. The zero-order valence-corrected chi connectivity index (χ0v) is 19.0. The van der Waals surface area contributed by atoms with E-state index in [0.29, 0.717) is 16.9 Å². The van der Waals surface area contributed by atoms with Crippen molar-refractivity contribution in [2.45, 2.75) is 6.92 Å². The lowest BCUT2D eigenvalue weighted by Crippen LogP contribution is -2.33. The molecule has 0 aliphatic rings. The number of carbonyl (C=O) groups is 2. The smallest absolute Gasteiger partial charge is 0.255 e. The van der Waals surface area contributed by atoms with Gasteiger partial charge in [0.2, 0.25) is 5.91 Å². The van der Waals surface area contributed by atoms with E-state index in [1.165, 1.54) is 11.3 Å². The van der Waals surface area contributed by atoms with Crippen LogP contribution in [0.25, 0.3) is 16.3 Å². The Morgan fingerprint density at radius 1 is 1.10 bits per heavy atom. The number of rotatable bonds is 6. The first kappa shape index (κ1) is 21.0. The Bertz CT molecular complexity index is 1220. The van der Waals surface area contributed by atoms with Crippen LogP contribution in [0.5, 0.6) is 0 Å². The number of amides is 2. The monoisotopic (exact) mass is 494 g/mol. The summed E-state index contributed by atoms with van der Waals surface area (Å²) in [6.07, 6.45) is 1.69. The Labute approximate surface area is 192 Å². The molecule has 31 heavy (non-hydrogen) atoms. The average molecular weight is 495 g/mol. The number of nitrogens with zero attached hydrogens (tertiary/aromatic N) is 2. The molecular formula is C23H19BrN4O2S. The number of hydrogen-bond donors (Lipinski definition) is 2. The van der Waals surface area contributed by atoms with Gasteiger partial charge < -0.3 is 10.6 Å². The molecule has 2 N–H and O–H groups in total. The van der Waals surface area contributed by atoms with E-state index >= 15 is 0 Å². The van der Waals surface area contributed by atoms with Crippen LogP contribution in [0.15, 0.2) is 76.7 Å². The molecule has 0 bridgehead atoms. The predicted octanol–water partition coefficient (Wildman–Crippen LogP) is 5.04. The number of carbonyl (C=O) groups excluding carboxylic acids is 2. The van der Waals surface area contributed by atoms with E-state index in [0.717, 1.165) is 20.6 Å². The van der Waals surface area contributed by atoms with Gasteiger partial charge in [0, 0.05) is 16.4 Å². The number of anilines is 1. The molecule has 0 fully saturated rings. The van der Waals surface area contributed by atoms with Gasteiger partial charge in [-0.15, -0.1) is 11.3 Å². The van der Waals surface area contributed by atoms with E-state index in [2.05, 4.69) is 31.7 Å². The molecule has 4 rings (SSSR count). The van der Waals surface area contributed by atoms with Crippen LogP contribution in [0.2, 0.25) is 0 Å². The van der Waals surface area contributed by atoms with Gasteiger partial charge in [-0.3, -0.25) is 9.59 Å². The van der Waals surface area contributed by atoms with E-state index in [4.69, 9.17) is 0 Å². The molecule has 4 aromatic rings. The van der Waals surface area contributed by atoms with Crippen LogP contribution in [0.4, 0.5) is 5.69 Å². The molecule has 6 nitrogen and oxygen atoms in total. The van der Waals surface area contributed by atoms with E-state index in [-0.39, 0.29) is 18.4 Å². The first-order chi connectivity index (χ1) is 15.0. The molecule has 2 aromatic heterocycles. The van der Waals surface area contributed by atoms with Crippen LogP contribution in [0.3, 0.4) is 0 Å². The van der Waals surface area contributed by atoms with Crippen molar-refractivity contribution in [2.24, 2.45) is 0 Å². The largest absolute Gasteiger partial charge is 0.343 e. The van der Waals surface area contributed by atoms with Crippen molar-refractivity contribution in [1.29, 1.82) is 0 Å². The number of aryl methyl sites for hydroxylation is 1. The van der Waals surface area contributed by atoms with Crippen molar-refractivity contribution in [3.63, 3.8) is 0 Å². The molecule has 0 unspecified atom stereocenters. The molecule has 0 atom stereocenters. The van der Waals surface area contributed by atoms with Gasteiger partial charge in [0.15, 0.2) is 0 Å². The third-order valence-electron chi connectivity index (χ3n) is 4.61. The van der Waals surface area contributed by atoms with Crippen molar-refractivity contribution in [2.75, 3.05) is 11.9 Å². The van der Waals surface area contributed by atoms with E-state index in [1.807, 2.05) is 73.0 Å². The first-order valence-corrected chi connectivity index (χ1v) is 11.2. The van der Waals surface area contributed by atoms with Crippen molar-refractivity contribution in [3.8, 4) is 16.3 Å². The predicted molar refractivity (Wildman–Crippen MR) is 127 cm³/mol. The maximum absolute atomic E-state index is 12.9. The molecule has 2 heterocycles. The van der Waals surface area contributed by atoms with Crippen molar-refractivity contribution < 1.29 is 9.59 Å². The highest BCUT2D eigenvalue weighted by atomic mass is 79.9. The number of benzene rings is 2. The number of hydrogen-bond acceptors (Lipinski definition) is 4. The highest BCUT2D eigenvalue weighted by Crippen LogP contribution is 2.27. The Balaban J connectivity index is 1.51. The summed E-state index contributed by atoms with van der Waals surface area (Å²) in [6, 6.07) is 19.0. The normalized spacial score (nSPS) is 10.6. The Morgan fingerprint density at radius 3 is 2.61 bits per heavy atom. The van der Waals surface area contributed by atoms with E-state index in [9.17, 15) is 9.59 Å². The maximum atomic E-state index is 12.9. The van der Waals surface area contributed by atoms with Gasteiger partial charge in [0.1, 0.15) is 5.69 Å². The van der Waals surface area contributed by atoms with Gasteiger partial charge >= 0.3 is 0 Å². The molecule has 0 aliphatic carbocycles. The highest BCUT2D eigenvalue weighted by Gasteiger charge is 2.20. The van der Waals surface area contributed by atoms with Crippen molar-refractivity contribution >= 4 is 44.8 Å². The van der Waals surface area contributed by atoms with Gasteiger partial charge in [0.25, 0.3) is 5.91 Å². The fraction of sp³-hybridized carbons (Fsp3) is 0.0870. The van der Waals surface area contributed by atoms with Gasteiger partial charge in [-0.2, -0.15) is 5.10 Å². The molecule has 2 aromatic carbocycles. The van der Waals surface area contributed by atoms with Crippen LogP contribution in [0, 0.1) is 6.92 Å². The van der Waals surface area contributed by atoms with Crippen LogP contribution in [-0.2, 0) is 4.79 Å². The summed E-state index contributed by atoms with van der Waals surface area (Å²) in [4.78, 5) is 26.2. The molecule has 0 aliphatic heterocycles. The summed E-state index contributed by atoms with van der Waals surface area (Å²) >= 11 is 4.91. The quantitative estimate of drug-likeness (QED) is 0.394. The van der Waals surface area contributed by atoms with Crippen molar-refractivity contribution in [1.82, 2.24) is 15.1 Å². The molecule has 0 saturated heterocycles. The lowest BCUT2D eigenvalue weighted by atomic mass is 10.2. The minimum absolute atomic E-state index is 0.144. The molecule has 0 spiro atoms. The summed E-state index contributed by atoms with van der Waals surface area (Å²) < 4.78 is 2.61. The molecule has 2 amide bonds. The number of thiophene rings is 1. The van der Waals surface area contributed by atoms with E-state index < -0.39 is 0 Å². The topological polar surface area (TPSA) is 76.0 Å².